The van der Waals surface area contributed by atoms with Gasteiger partial charge in [0.1, 0.15) is 0 Å². The minimum Gasteiger partial charge on any atom is -0.316 e. The molecule has 3 heteroatoms. The number of benzene rings is 4. The molecule has 0 aliphatic heterocycles. The van der Waals surface area contributed by atoms with Crippen LogP contribution in [0.5, 0.6) is 0 Å². The average Bonchev–Trinajstić information content (AvgIpc) is 3.58. The van der Waals surface area contributed by atoms with Gasteiger partial charge in [-0.3, -0.25) is 0 Å². The number of nitrogens with zero attached hydrogens (tertiary/aromatic N) is 3. The van der Waals surface area contributed by atoms with Gasteiger partial charge >= 0.3 is 0 Å². The molecule has 0 radical (unpaired) electrons. The normalized spacial score (nSPS) is 11.8. The van der Waals surface area contributed by atoms with Crippen LogP contribution >= 0.6 is 0 Å². The lowest BCUT2D eigenvalue weighted by Crippen LogP contribution is -2.00. The molecule has 7 rings (SSSR count). The fraction of sp³-hybridized carbons (Fsp3) is 0. The van der Waals surface area contributed by atoms with E-state index in [2.05, 4.69) is 126 Å². The zero-order valence-corrected chi connectivity index (χ0v) is 22.0. The molecule has 0 aliphatic rings. The van der Waals surface area contributed by atoms with Crippen molar-refractivity contribution in [2.24, 2.45) is 0 Å². The quantitative estimate of drug-likeness (QED) is 0.203. The van der Waals surface area contributed by atoms with Crippen molar-refractivity contribution in [2.45, 2.75) is 0 Å². The minimum atomic E-state index is 0.853. The van der Waals surface area contributed by atoms with Crippen LogP contribution in [0.15, 0.2) is 153 Å². The van der Waals surface area contributed by atoms with Gasteiger partial charge in [-0.15, -0.1) is 0 Å². The predicted molar refractivity (Wildman–Crippen MR) is 169 cm³/mol. The number of rotatable bonds is 6. The summed E-state index contributed by atoms with van der Waals surface area (Å²) in [5, 5.41) is 3.65. The summed E-state index contributed by atoms with van der Waals surface area (Å²) in [5.74, 6) is 0. The van der Waals surface area contributed by atoms with Crippen molar-refractivity contribution in [2.75, 3.05) is 0 Å². The lowest BCUT2D eigenvalue weighted by Gasteiger charge is -2.14. The number of aromatic nitrogens is 3. The molecule has 3 nitrogen and oxygen atoms in total. The van der Waals surface area contributed by atoms with Crippen molar-refractivity contribution in [3.05, 3.63) is 159 Å². The lowest BCUT2D eigenvalue weighted by atomic mass is 10.1. The van der Waals surface area contributed by atoms with Crippen molar-refractivity contribution >= 4 is 38.3 Å². The van der Waals surface area contributed by atoms with Crippen LogP contribution in [-0.4, -0.2) is 14.1 Å². The maximum atomic E-state index is 5.05. The Labute approximate surface area is 233 Å². The Morgan fingerprint density at radius 3 is 2.17 bits per heavy atom. The van der Waals surface area contributed by atoms with Gasteiger partial charge in [-0.2, -0.15) is 0 Å². The van der Waals surface area contributed by atoms with Crippen LogP contribution in [0.2, 0.25) is 0 Å². The molecule has 40 heavy (non-hydrogen) atoms. The first kappa shape index (κ1) is 23.7. The van der Waals surface area contributed by atoms with E-state index in [1.807, 2.05) is 30.4 Å². The highest BCUT2D eigenvalue weighted by Crippen LogP contribution is 2.37. The Kier molecular flexibility index (Phi) is 5.76. The second kappa shape index (κ2) is 9.72. The van der Waals surface area contributed by atoms with Crippen LogP contribution in [-0.2, 0) is 0 Å². The molecule has 0 saturated carbocycles. The molecule has 7 aromatic rings. The molecule has 4 aromatic carbocycles. The molecule has 0 fully saturated rings. The van der Waals surface area contributed by atoms with E-state index in [0.717, 1.165) is 44.9 Å². The summed E-state index contributed by atoms with van der Waals surface area (Å²) in [6, 6.07) is 40.6. The van der Waals surface area contributed by atoms with Gasteiger partial charge in [-0.05, 0) is 54.1 Å². The summed E-state index contributed by atoms with van der Waals surface area (Å²) in [5.41, 5.74) is 9.40. The van der Waals surface area contributed by atoms with Gasteiger partial charge in [0, 0.05) is 33.6 Å². The first-order valence-corrected chi connectivity index (χ1v) is 13.4. The Morgan fingerprint density at radius 1 is 0.650 bits per heavy atom. The van der Waals surface area contributed by atoms with E-state index in [1.54, 1.807) is 6.08 Å². The van der Waals surface area contributed by atoms with E-state index < -0.39 is 0 Å². The standard InChI is InChI=1S/C37H27N3/c1-3-13-26(4-2)33-23-30(24-34(38-33)27-14-7-5-8-15-27)40-35-19-12-11-18-31(35)32-22-28-20-21-39(36(28)25-37(32)40)29-16-9-6-10-17-29/h3-25H,1-2H2/b26-13+. The highest BCUT2D eigenvalue weighted by Gasteiger charge is 2.17. The highest BCUT2D eigenvalue weighted by molar-refractivity contribution is 6.13. The van der Waals surface area contributed by atoms with E-state index in [-0.39, 0.29) is 0 Å². The maximum Gasteiger partial charge on any atom is 0.0730 e. The summed E-state index contributed by atoms with van der Waals surface area (Å²) in [6.07, 6.45) is 7.73. The molecule has 0 bridgehead atoms. The SMILES string of the molecule is C=C/C=C(\C=C)c1cc(-n2c3ccccc3c3cc4ccn(-c5ccccc5)c4cc32)cc(-c2ccccc2)n1. The molecule has 0 spiro atoms. The largest absolute Gasteiger partial charge is 0.316 e. The molecule has 3 aromatic heterocycles. The molecule has 0 amide bonds. The van der Waals surface area contributed by atoms with Crippen molar-refractivity contribution in [1.82, 2.24) is 14.1 Å². The molecule has 0 atom stereocenters. The van der Waals surface area contributed by atoms with Crippen LogP contribution in [0.4, 0.5) is 0 Å². The summed E-state index contributed by atoms with van der Waals surface area (Å²) in [6.45, 7) is 7.96. The van der Waals surface area contributed by atoms with Gasteiger partial charge < -0.3 is 9.13 Å². The summed E-state index contributed by atoms with van der Waals surface area (Å²) in [4.78, 5) is 5.05. The first-order chi connectivity index (χ1) is 19.7. The number of hydrogen-bond donors (Lipinski definition) is 0. The fourth-order valence-corrected chi connectivity index (χ4v) is 5.62. The number of para-hydroxylation sites is 2. The predicted octanol–water partition coefficient (Wildman–Crippen LogP) is 9.54. The van der Waals surface area contributed by atoms with E-state index in [9.17, 15) is 0 Å². The van der Waals surface area contributed by atoms with Crippen molar-refractivity contribution in [3.8, 4) is 22.6 Å². The van der Waals surface area contributed by atoms with Crippen LogP contribution < -0.4 is 0 Å². The second-order valence-corrected chi connectivity index (χ2v) is 9.83. The maximum absolute atomic E-state index is 5.05. The van der Waals surface area contributed by atoms with Gasteiger partial charge in [0.25, 0.3) is 0 Å². The Balaban J connectivity index is 1.57. The van der Waals surface area contributed by atoms with Crippen LogP contribution in [0.1, 0.15) is 5.69 Å². The second-order valence-electron chi connectivity index (χ2n) is 9.83. The Hall–Kier alpha value is -5.41. The van der Waals surface area contributed by atoms with Crippen LogP contribution in [0.3, 0.4) is 0 Å². The molecule has 0 N–H and O–H groups in total. The monoisotopic (exact) mass is 513 g/mol. The lowest BCUT2D eigenvalue weighted by molar-refractivity contribution is 1.12. The van der Waals surface area contributed by atoms with Crippen LogP contribution in [0, 0.1) is 0 Å². The van der Waals surface area contributed by atoms with Crippen LogP contribution in [0.25, 0.3) is 60.9 Å². The average molecular weight is 514 g/mol. The van der Waals surface area contributed by atoms with Gasteiger partial charge in [0.2, 0.25) is 0 Å². The van der Waals surface area contributed by atoms with E-state index >= 15 is 0 Å². The fourth-order valence-electron chi connectivity index (χ4n) is 5.62. The smallest absolute Gasteiger partial charge is 0.0730 e. The number of pyridine rings is 1. The third kappa shape index (κ3) is 3.88. The first-order valence-electron chi connectivity index (χ1n) is 13.4. The summed E-state index contributed by atoms with van der Waals surface area (Å²) < 4.78 is 4.62. The van der Waals surface area contributed by atoms with Crippen molar-refractivity contribution in [3.63, 3.8) is 0 Å². The minimum absolute atomic E-state index is 0.853. The highest BCUT2D eigenvalue weighted by atomic mass is 15.0. The zero-order chi connectivity index (χ0) is 27.1. The summed E-state index contributed by atoms with van der Waals surface area (Å²) in [7, 11) is 0. The molecule has 3 heterocycles. The van der Waals surface area contributed by atoms with Gasteiger partial charge in [-0.25, -0.2) is 4.98 Å². The molecule has 190 valence electrons. The van der Waals surface area contributed by atoms with E-state index in [0.29, 0.717) is 0 Å². The third-order valence-electron chi connectivity index (χ3n) is 7.47. The van der Waals surface area contributed by atoms with Gasteiger partial charge in [0.05, 0.1) is 33.6 Å². The zero-order valence-electron chi connectivity index (χ0n) is 22.0. The molecule has 0 unspecified atom stereocenters. The van der Waals surface area contributed by atoms with Crippen molar-refractivity contribution in [1.29, 1.82) is 0 Å². The molecule has 0 aliphatic carbocycles. The van der Waals surface area contributed by atoms with Gasteiger partial charge in [-0.1, -0.05) is 98.1 Å². The topological polar surface area (TPSA) is 22.8 Å². The third-order valence-corrected chi connectivity index (χ3v) is 7.47. The molecule has 0 saturated heterocycles. The number of fused-ring (bicyclic) bond motifs is 4. The van der Waals surface area contributed by atoms with Gasteiger partial charge in [0.15, 0.2) is 0 Å². The Morgan fingerprint density at radius 2 is 1.40 bits per heavy atom. The van der Waals surface area contributed by atoms with E-state index in [4.69, 9.17) is 4.98 Å². The molecular weight excluding hydrogens is 486 g/mol. The summed E-state index contributed by atoms with van der Waals surface area (Å²) >= 11 is 0. The van der Waals surface area contributed by atoms with E-state index in [1.165, 1.54) is 21.7 Å². The molecular formula is C37H27N3. The number of hydrogen-bond acceptors (Lipinski definition) is 1. The number of allylic oxidation sites excluding steroid dienone is 4. The Bertz CT molecular complexity index is 2070. The van der Waals surface area contributed by atoms with Crippen molar-refractivity contribution < 1.29 is 0 Å².